The van der Waals surface area contributed by atoms with Gasteiger partial charge in [-0.2, -0.15) is 5.26 Å². The number of nitrogens with zero attached hydrogens (tertiary/aromatic N) is 2. The molecular formula is C16H12ClN3O2S2. The molecule has 0 saturated carbocycles. The molecule has 0 spiro atoms. The molecule has 2 aliphatic rings. The molecule has 8 heteroatoms. The molecule has 0 unspecified atom stereocenters. The number of fused-ring (bicyclic) bond motifs is 1. The van der Waals surface area contributed by atoms with Crippen molar-refractivity contribution in [2.75, 3.05) is 5.32 Å². The maximum Gasteiger partial charge on any atom is 0.269 e. The summed E-state index contributed by atoms with van der Waals surface area (Å²) in [6.07, 6.45) is 2.70. The van der Waals surface area contributed by atoms with E-state index in [1.165, 1.54) is 27.6 Å². The zero-order chi connectivity index (χ0) is 16.7. The maximum absolute atomic E-state index is 12.5. The normalized spacial score (nSPS) is 18.7. The first kappa shape index (κ1) is 15.6. The molecule has 1 aliphatic carbocycles. The molecule has 2 aromatic heterocycles. The zero-order valence-electron chi connectivity index (χ0n) is 12.5. The molecule has 4 rings (SSSR count). The third-order valence-electron chi connectivity index (χ3n) is 4.09. The average molecular weight is 378 g/mol. The van der Waals surface area contributed by atoms with Crippen molar-refractivity contribution in [2.24, 2.45) is 5.16 Å². The van der Waals surface area contributed by atoms with Crippen molar-refractivity contribution in [3.63, 3.8) is 0 Å². The van der Waals surface area contributed by atoms with Crippen LogP contribution in [0.4, 0.5) is 5.00 Å². The van der Waals surface area contributed by atoms with Gasteiger partial charge in [0.2, 0.25) is 6.10 Å². The fourth-order valence-corrected chi connectivity index (χ4v) is 5.21. The molecule has 0 saturated heterocycles. The van der Waals surface area contributed by atoms with Crippen LogP contribution < -0.4 is 5.32 Å². The number of aryl methyl sites for hydroxylation is 1. The third kappa shape index (κ3) is 2.71. The summed E-state index contributed by atoms with van der Waals surface area (Å²) in [5, 5.41) is 16.9. The van der Waals surface area contributed by atoms with E-state index in [1.807, 2.05) is 6.07 Å². The van der Waals surface area contributed by atoms with Gasteiger partial charge < -0.3 is 10.2 Å². The summed E-state index contributed by atoms with van der Waals surface area (Å²) >= 11 is 8.83. The molecule has 1 amide bonds. The molecule has 122 valence electrons. The number of halogens is 1. The zero-order valence-corrected chi connectivity index (χ0v) is 14.9. The molecule has 1 atom stereocenters. The molecule has 2 aromatic rings. The van der Waals surface area contributed by atoms with E-state index >= 15 is 0 Å². The second kappa shape index (κ2) is 6.20. The summed E-state index contributed by atoms with van der Waals surface area (Å²) in [5.41, 5.74) is 2.42. The first-order valence-electron chi connectivity index (χ1n) is 7.49. The van der Waals surface area contributed by atoms with Crippen LogP contribution in [0.3, 0.4) is 0 Å². The van der Waals surface area contributed by atoms with Crippen LogP contribution >= 0.6 is 34.3 Å². The Morgan fingerprint density at radius 1 is 1.42 bits per heavy atom. The van der Waals surface area contributed by atoms with Crippen molar-refractivity contribution in [1.29, 1.82) is 5.26 Å². The van der Waals surface area contributed by atoms with E-state index in [4.69, 9.17) is 16.4 Å². The minimum Gasteiger partial charge on any atom is -0.382 e. The van der Waals surface area contributed by atoms with Crippen LogP contribution in [-0.2, 0) is 22.5 Å². The number of carbonyl (C=O) groups excluding carboxylic acids is 1. The Kier molecular flexibility index (Phi) is 4.04. The number of rotatable bonds is 3. The van der Waals surface area contributed by atoms with Gasteiger partial charge in [-0.05, 0) is 37.0 Å². The third-order valence-corrected chi connectivity index (χ3v) is 6.58. The standard InChI is InChI=1S/C16H12ClN3O2S2/c17-14-5-4-13(23-14)10-6-11(22-20-10)15(21)19-16-9(7-18)8-2-1-3-12(8)24-16/h4-5,11H,1-3,6H2,(H,19,21)/t11-/m0/s1. The topological polar surface area (TPSA) is 74.5 Å². The molecule has 0 fully saturated rings. The van der Waals surface area contributed by atoms with Gasteiger partial charge in [-0.3, -0.25) is 4.79 Å². The fourth-order valence-electron chi connectivity index (χ4n) is 2.94. The van der Waals surface area contributed by atoms with E-state index in [2.05, 4.69) is 16.5 Å². The highest BCUT2D eigenvalue weighted by Gasteiger charge is 2.31. The Morgan fingerprint density at radius 2 is 2.29 bits per heavy atom. The van der Waals surface area contributed by atoms with E-state index in [0.717, 1.165) is 35.4 Å². The van der Waals surface area contributed by atoms with E-state index in [-0.39, 0.29) is 5.91 Å². The van der Waals surface area contributed by atoms with Crippen molar-refractivity contribution in [2.45, 2.75) is 31.8 Å². The predicted octanol–water partition coefficient (Wildman–Crippen LogP) is 3.96. The summed E-state index contributed by atoms with van der Waals surface area (Å²) in [6.45, 7) is 0. The number of nitriles is 1. The lowest BCUT2D eigenvalue weighted by molar-refractivity contribution is -0.125. The fraction of sp³-hybridized carbons (Fsp3) is 0.312. The van der Waals surface area contributed by atoms with Crippen LogP contribution in [0, 0.1) is 11.3 Å². The summed E-state index contributed by atoms with van der Waals surface area (Å²) in [5.74, 6) is -0.271. The summed E-state index contributed by atoms with van der Waals surface area (Å²) in [4.78, 5) is 19.8. The van der Waals surface area contributed by atoms with Crippen molar-refractivity contribution in [3.8, 4) is 6.07 Å². The minimum atomic E-state index is -0.677. The van der Waals surface area contributed by atoms with E-state index in [1.54, 1.807) is 6.07 Å². The number of anilines is 1. The summed E-state index contributed by atoms with van der Waals surface area (Å²) < 4.78 is 0.673. The monoisotopic (exact) mass is 377 g/mol. The minimum absolute atomic E-state index is 0.271. The Hall–Kier alpha value is -1.88. The Balaban J connectivity index is 1.46. The Bertz CT molecular complexity index is 894. The highest BCUT2D eigenvalue weighted by atomic mass is 35.5. The molecule has 5 nitrogen and oxygen atoms in total. The molecular weight excluding hydrogens is 366 g/mol. The van der Waals surface area contributed by atoms with Crippen LogP contribution in [0.25, 0.3) is 0 Å². The highest BCUT2D eigenvalue weighted by Crippen LogP contribution is 2.38. The summed E-state index contributed by atoms with van der Waals surface area (Å²) in [6, 6.07) is 5.89. The van der Waals surface area contributed by atoms with Gasteiger partial charge in [0.15, 0.2) is 0 Å². The van der Waals surface area contributed by atoms with Crippen molar-refractivity contribution >= 4 is 50.9 Å². The van der Waals surface area contributed by atoms with Gasteiger partial charge in [0.1, 0.15) is 16.8 Å². The average Bonchev–Trinajstić information content (AvgIpc) is 3.29. The van der Waals surface area contributed by atoms with Crippen molar-refractivity contribution in [3.05, 3.63) is 37.4 Å². The molecule has 24 heavy (non-hydrogen) atoms. The van der Waals surface area contributed by atoms with Crippen LogP contribution in [-0.4, -0.2) is 17.7 Å². The largest absolute Gasteiger partial charge is 0.382 e. The lowest BCUT2D eigenvalue weighted by atomic mass is 10.1. The number of thiophene rings is 2. The molecule has 1 aliphatic heterocycles. The van der Waals surface area contributed by atoms with Crippen LogP contribution in [0.5, 0.6) is 0 Å². The number of amides is 1. The van der Waals surface area contributed by atoms with Crippen LogP contribution in [0.2, 0.25) is 4.34 Å². The molecule has 0 radical (unpaired) electrons. The molecule has 0 bridgehead atoms. The number of hydrogen-bond acceptors (Lipinski definition) is 6. The van der Waals surface area contributed by atoms with Gasteiger partial charge in [0, 0.05) is 11.3 Å². The highest BCUT2D eigenvalue weighted by molar-refractivity contribution is 7.18. The second-order valence-corrected chi connectivity index (χ2v) is 8.42. The number of oxime groups is 1. The first-order valence-corrected chi connectivity index (χ1v) is 9.50. The van der Waals surface area contributed by atoms with Gasteiger partial charge in [-0.15, -0.1) is 22.7 Å². The lowest BCUT2D eigenvalue weighted by Crippen LogP contribution is -2.27. The van der Waals surface area contributed by atoms with Gasteiger partial charge in [-0.1, -0.05) is 16.8 Å². The van der Waals surface area contributed by atoms with E-state index < -0.39 is 6.10 Å². The summed E-state index contributed by atoms with van der Waals surface area (Å²) in [7, 11) is 0. The first-order chi connectivity index (χ1) is 11.7. The number of nitrogens with one attached hydrogen (secondary N) is 1. The van der Waals surface area contributed by atoms with Gasteiger partial charge in [0.25, 0.3) is 5.91 Å². The van der Waals surface area contributed by atoms with Gasteiger partial charge >= 0.3 is 0 Å². The van der Waals surface area contributed by atoms with Crippen LogP contribution in [0.1, 0.15) is 33.7 Å². The SMILES string of the molecule is N#Cc1c(NC(=O)[C@@H]2CC(c3ccc(Cl)s3)=NO2)sc2c1CCC2. The smallest absolute Gasteiger partial charge is 0.269 e. The van der Waals surface area contributed by atoms with E-state index in [0.29, 0.717) is 21.3 Å². The van der Waals surface area contributed by atoms with Crippen LogP contribution in [0.15, 0.2) is 17.3 Å². The Morgan fingerprint density at radius 3 is 3.04 bits per heavy atom. The quantitative estimate of drug-likeness (QED) is 0.879. The van der Waals surface area contributed by atoms with Gasteiger partial charge in [-0.25, -0.2) is 0 Å². The molecule has 0 aromatic carbocycles. The predicted molar refractivity (Wildman–Crippen MR) is 95.0 cm³/mol. The molecule has 1 N–H and O–H groups in total. The molecule has 3 heterocycles. The number of hydrogen-bond donors (Lipinski definition) is 1. The van der Waals surface area contributed by atoms with Crippen molar-refractivity contribution < 1.29 is 9.63 Å². The second-order valence-electron chi connectivity index (χ2n) is 5.60. The lowest BCUT2D eigenvalue weighted by Gasteiger charge is -2.08. The van der Waals surface area contributed by atoms with Crippen molar-refractivity contribution in [1.82, 2.24) is 0 Å². The Labute approximate surface area is 151 Å². The van der Waals surface area contributed by atoms with E-state index in [9.17, 15) is 10.1 Å². The van der Waals surface area contributed by atoms with Gasteiger partial charge in [0.05, 0.1) is 14.8 Å². The number of carbonyl (C=O) groups is 1. The maximum atomic E-state index is 12.5.